The fraction of sp³-hybridized carbons (Fsp3) is 0.438. The first-order valence-electron chi connectivity index (χ1n) is 7.52. The Bertz CT molecular complexity index is 809. The van der Waals surface area contributed by atoms with Crippen LogP contribution in [0.5, 0.6) is 0 Å². The summed E-state index contributed by atoms with van der Waals surface area (Å²) < 4.78 is 32.3. The van der Waals surface area contributed by atoms with Crippen molar-refractivity contribution in [1.29, 1.82) is 0 Å². The van der Waals surface area contributed by atoms with E-state index in [0.29, 0.717) is 18.5 Å². The molecule has 0 saturated heterocycles. The van der Waals surface area contributed by atoms with Crippen molar-refractivity contribution in [3.05, 3.63) is 46.8 Å². The number of benzene rings is 1. The molecule has 1 unspecified atom stereocenters. The van der Waals surface area contributed by atoms with E-state index in [0.717, 1.165) is 12.0 Å². The van der Waals surface area contributed by atoms with Gasteiger partial charge in [0, 0.05) is 13.0 Å². The van der Waals surface area contributed by atoms with Gasteiger partial charge < -0.3 is 9.63 Å². The van der Waals surface area contributed by atoms with Crippen LogP contribution < -0.4 is 4.72 Å². The second-order valence-corrected chi connectivity index (χ2v) is 7.85. The lowest BCUT2D eigenvalue weighted by Crippen LogP contribution is -2.46. The van der Waals surface area contributed by atoms with E-state index in [1.54, 1.807) is 13.8 Å². The lowest BCUT2D eigenvalue weighted by Gasteiger charge is -2.33. The molecule has 0 amide bonds. The van der Waals surface area contributed by atoms with Gasteiger partial charge in [0.2, 0.25) is 10.0 Å². The van der Waals surface area contributed by atoms with Crippen molar-refractivity contribution in [1.82, 2.24) is 9.88 Å². The second kappa shape index (κ2) is 5.74. The number of sulfonamides is 1. The number of hydrogen-bond donors (Lipinski definition) is 2. The average molecular weight is 336 g/mol. The Balaban J connectivity index is 1.76. The largest absolute Gasteiger partial charge is 0.388 e. The molecular weight excluding hydrogens is 316 g/mol. The van der Waals surface area contributed by atoms with E-state index < -0.39 is 15.6 Å². The van der Waals surface area contributed by atoms with Crippen molar-refractivity contribution < 1.29 is 18.0 Å². The highest BCUT2D eigenvalue weighted by atomic mass is 32.2. The van der Waals surface area contributed by atoms with Gasteiger partial charge in [0.1, 0.15) is 10.6 Å². The molecule has 3 rings (SSSR count). The van der Waals surface area contributed by atoms with E-state index in [1.807, 2.05) is 24.3 Å². The number of aliphatic hydroxyl groups is 1. The molecule has 0 fully saturated rings. The van der Waals surface area contributed by atoms with Gasteiger partial charge in [-0.1, -0.05) is 29.4 Å². The summed E-state index contributed by atoms with van der Waals surface area (Å²) in [7, 11) is -3.76. The molecule has 1 aromatic carbocycles. The molecular formula is C16H20N2O4S. The number of aromatic nitrogens is 1. The molecule has 2 N–H and O–H groups in total. The molecule has 1 heterocycles. The van der Waals surface area contributed by atoms with Gasteiger partial charge >= 0.3 is 0 Å². The highest BCUT2D eigenvalue weighted by molar-refractivity contribution is 7.89. The summed E-state index contributed by atoms with van der Waals surface area (Å²) in [5.74, 6) is 0.246. The van der Waals surface area contributed by atoms with Crippen molar-refractivity contribution in [2.75, 3.05) is 6.54 Å². The monoisotopic (exact) mass is 336 g/mol. The van der Waals surface area contributed by atoms with Crippen LogP contribution in [0, 0.1) is 13.8 Å². The first-order valence-corrected chi connectivity index (χ1v) is 9.01. The van der Waals surface area contributed by atoms with Gasteiger partial charge in [-0.2, -0.15) is 0 Å². The van der Waals surface area contributed by atoms with Crippen LogP contribution >= 0.6 is 0 Å². The third kappa shape index (κ3) is 3.17. The van der Waals surface area contributed by atoms with E-state index >= 15 is 0 Å². The fourth-order valence-electron chi connectivity index (χ4n) is 3.09. The third-order valence-electron chi connectivity index (χ3n) is 4.33. The number of fused-ring (bicyclic) bond motifs is 1. The summed E-state index contributed by atoms with van der Waals surface area (Å²) in [4.78, 5) is 0.0531. The number of aryl methyl sites for hydroxylation is 3. The van der Waals surface area contributed by atoms with Crippen LogP contribution in [0.4, 0.5) is 0 Å². The quantitative estimate of drug-likeness (QED) is 0.882. The SMILES string of the molecule is Cc1noc(C)c1S(=O)(=O)NCC1(O)CCc2ccccc2C1. The minimum atomic E-state index is -3.76. The van der Waals surface area contributed by atoms with Crippen molar-refractivity contribution in [3.8, 4) is 0 Å². The lowest BCUT2D eigenvalue weighted by atomic mass is 9.80. The summed E-state index contributed by atoms with van der Waals surface area (Å²) in [5, 5.41) is 14.4. The first-order chi connectivity index (χ1) is 10.8. The maximum absolute atomic E-state index is 12.4. The standard InChI is InChI=1S/C16H20N2O4S/c1-11-15(12(2)22-18-11)23(20,21)17-10-16(19)8-7-13-5-3-4-6-14(13)9-16/h3-6,17,19H,7-10H2,1-2H3. The van der Waals surface area contributed by atoms with Crippen LogP contribution in [0.3, 0.4) is 0 Å². The minimum absolute atomic E-state index is 0.0340. The van der Waals surface area contributed by atoms with Crippen LogP contribution in [0.2, 0.25) is 0 Å². The molecule has 2 aromatic rings. The zero-order chi connectivity index (χ0) is 16.7. The summed E-state index contributed by atoms with van der Waals surface area (Å²) >= 11 is 0. The Morgan fingerprint density at radius 1 is 1.30 bits per heavy atom. The predicted molar refractivity (Wildman–Crippen MR) is 84.6 cm³/mol. The molecule has 23 heavy (non-hydrogen) atoms. The topological polar surface area (TPSA) is 92.4 Å². The van der Waals surface area contributed by atoms with Crippen LogP contribution in [0.25, 0.3) is 0 Å². The smallest absolute Gasteiger partial charge is 0.246 e. The minimum Gasteiger partial charge on any atom is -0.388 e. The maximum atomic E-state index is 12.4. The van der Waals surface area contributed by atoms with Crippen molar-refractivity contribution in [3.63, 3.8) is 0 Å². The molecule has 1 aliphatic rings. The highest BCUT2D eigenvalue weighted by Gasteiger charge is 2.34. The maximum Gasteiger partial charge on any atom is 0.246 e. The average Bonchev–Trinajstić information content (AvgIpc) is 2.85. The Labute approximate surface area is 135 Å². The summed E-state index contributed by atoms with van der Waals surface area (Å²) in [6.07, 6.45) is 1.70. The van der Waals surface area contributed by atoms with Crippen molar-refractivity contribution in [2.45, 2.75) is 43.6 Å². The van der Waals surface area contributed by atoms with Gasteiger partial charge in [-0.25, -0.2) is 13.1 Å². The number of nitrogens with one attached hydrogen (secondary N) is 1. The van der Waals surface area contributed by atoms with Gasteiger partial charge in [0.05, 0.1) is 5.60 Å². The summed E-state index contributed by atoms with van der Waals surface area (Å²) in [5.41, 5.74) is 1.51. The Kier molecular flexibility index (Phi) is 4.03. The normalized spacial score (nSPS) is 21.2. The molecule has 0 spiro atoms. The second-order valence-electron chi connectivity index (χ2n) is 6.15. The number of hydrogen-bond acceptors (Lipinski definition) is 5. The van der Waals surface area contributed by atoms with E-state index in [2.05, 4.69) is 9.88 Å². The molecule has 1 atom stereocenters. The first kappa shape index (κ1) is 16.2. The van der Waals surface area contributed by atoms with Gasteiger partial charge in [0.25, 0.3) is 0 Å². The molecule has 124 valence electrons. The highest BCUT2D eigenvalue weighted by Crippen LogP contribution is 2.29. The molecule has 6 nitrogen and oxygen atoms in total. The Hall–Kier alpha value is -1.70. The molecule has 1 aliphatic carbocycles. The summed E-state index contributed by atoms with van der Waals surface area (Å²) in [6, 6.07) is 7.92. The van der Waals surface area contributed by atoms with Gasteiger partial charge in [0.15, 0.2) is 5.76 Å². The molecule has 0 saturated carbocycles. The molecule has 0 bridgehead atoms. The fourth-order valence-corrected chi connectivity index (χ4v) is 4.54. The zero-order valence-electron chi connectivity index (χ0n) is 13.2. The van der Waals surface area contributed by atoms with Crippen molar-refractivity contribution >= 4 is 10.0 Å². The molecule has 0 aliphatic heterocycles. The van der Waals surface area contributed by atoms with E-state index in [9.17, 15) is 13.5 Å². The van der Waals surface area contributed by atoms with Crippen LogP contribution in [-0.2, 0) is 22.9 Å². The van der Waals surface area contributed by atoms with E-state index in [-0.39, 0.29) is 17.2 Å². The molecule has 0 radical (unpaired) electrons. The predicted octanol–water partition coefficient (Wildman–Crippen LogP) is 1.49. The molecule has 1 aromatic heterocycles. The number of rotatable bonds is 4. The third-order valence-corrected chi connectivity index (χ3v) is 5.97. The van der Waals surface area contributed by atoms with Crippen LogP contribution in [0.15, 0.2) is 33.7 Å². The Morgan fingerprint density at radius 2 is 2.00 bits per heavy atom. The molecule has 7 heteroatoms. The van der Waals surface area contributed by atoms with Crippen molar-refractivity contribution in [2.24, 2.45) is 0 Å². The summed E-state index contributed by atoms with van der Waals surface area (Å²) in [6.45, 7) is 3.10. The van der Waals surface area contributed by atoms with E-state index in [1.165, 1.54) is 5.56 Å². The number of nitrogens with zero attached hydrogens (tertiary/aromatic N) is 1. The van der Waals surface area contributed by atoms with Gasteiger partial charge in [-0.3, -0.25) is 0 Å². The van der Waals surface area contributed by atoms with Crippen LogP contribution in [-0.4, -0.2) is 30.8 Å². The Morgan fingerprint density at radius 3 is 2.65 bits per heavy atom. The lowest BCUT2D eigenvalue weighted by molar-refractivity contribution is 0.0317. The van der Waals surface area contributed by atoms with Gasteiger partial charge in [-0.15, -0.1) is 0 Å². The van der Waals surface area contributed by atoms with Gasteiger partial charge in [-0.05, 0) is 37.8 Å². The van der Waals surface area contributed by atoms with Crippen LogP contribution in [0.1, 0.15) is 29.0 Å². The zero-order valence-corrected chi connectivity index (χ0v) is 14.0. The van der Waals surface area contributed by atoms with E-state index in [4.69, 9.17) is 4.52 Å².